The van der Waals surface area contributed by atoms with Gasteiger partial charge in [0.2, 0.25) is 0 Å². The smallest absolute Gasteiger partial charge is 0.141 e. The van der Waals surface area contributed by atoms with Gasteiger partial charge in [-0.1, -0.05) is 30.3 Å². The Bertz CT molecular complexity index is 791. The summed E-state index contributed by atoms with van der Waals surface area (Å²) in [6, 6.07) is 12.6. The molecule has 5 N–H and O–H groups in total. The van der Waals surface area contributed by atoms with Gasteiger partial charge in [0.25, 0.3) is 0 Å². The van der Waals surface area contributed by atoms with Crippen molar-refractivity contribution in [1.82, 2.24) is 14.9 Å². The van der Waals surface area contributed by atoms with Crippen molar-refractivity contribution in [2.75, 3.05) is 13.1 Å². The van der Waals surface area contributed by atoms with Crippen LogP contribution < -0.4 is 11.6 Å². The molecule has 0 amide bonds. The van der Waals surface area contributed by atoms with Gasteiger partial charge >= 0.3 is 0 Å². The molecular formula is C19H24N6. The number of hydrogen-bond donors (Lipinski definition) is 3. The summed E-state index contributed by atoms with van der Waals surface area (Å²) in [4.78, 5) is 9.91. The molecule has 130 valence electrons. The van der Waals surface area contributed by atoms with Gasteiger partial charge in [0.15, 0.2) is 0 Å². The van der Waals surface area contributed by atoms with E-state index in [9.17, 15) is 0 Å². The molecule has 2 aliphatic rings. The number of piperidine rings is 1. The normalized spacial score (nSPS) is 22.8. The van der Waals surface area contributed by atoms with Crippen LogP contribution in [-0.4, -0.2) is 34.3 Å². The fourth-order valence-electron chi connectivity index (χ4n) is 3.77. The lowest BCUT2D eigenvalue weighted by Crippen LogP contribution is -2.39. The lowest BCUT2D eigenvalue weighted by Gasteiger charge is -2.35. The van der Waals surface area contributed by atoms with E-state index in [1.54, 1.807) is 11.3 Å². The number of hydrazine groups is 1. The summed E-state index contributed by atoms with van der Waals surface area (Å²) >= 11 is 0. The SMILES string of the molecule is N/C(=C1/c2cc[nH]c2N=CN1N)C1CCCN(Cc2ccccc2)C1. The summed E-state index contributed by atoms with van der Waals surface area (Å²) in [6.45, 7) is 3.02. The van der Waals surface area contributed by atoms with Crippen LogP contribution in [0.2, 0.25) is 0 Å². The Hall–Kier alpha value is -2.57. The largest absolute Gasteiger partial charge is 0.400 e. The van der Waals surface area contributed by atoms with Crippen molar-refractivity contribution < 1.29 is 0 Å². The van der Waals surface area contributed by atoms with E-state index in [2.05, 4.69) is 45.2 Å². The van der Waals surface area contributed by atoms with Crippen LogP contribution in [-0.2, 0) is 6.54 Å². The van der Waals surface area contributed by atoms with Crippen molar-refractivity contribution in [3.05, 3.63) is 59.4 Å². The Morgan fingerprint density at radius 2 is 2.08 bits per heavy atom. The number of nitrogens with one attached hydrogen (secondary N) is 1. The minimum absolute atomic E-state index is 0.299. The Morgan fingerprint density at radius 3 is 2.92 bits per heavy atom. The molecule has 0 spiro atoms. The molecule has 6 nitrogen and oxygen atoms in total. The molecule has 0 aliphatic carbocycles. The van der Waals surface area contributed by atoms with Crippen molar-refractivity contribution >= 4 is 17.9 Å². The molecule has 1 aromatic carbocycles. The summed E-state index contributed by atoms with van der Waals surface area (Å²) < 4.78 is 0. The highest BCUT2D eigenvalue weighted by atomic mass is 15.4. The van der Waals surface area contributed by atoms with E-state index in [-0.39, 0.29) is 0 Å². The van der Waals surface area contributed by atoms with Gasteiger partial charge in [-0.2, -0.15) is 0 Å². The highest BCUT2D eigenvalue weighted by Crippen LogP contribution is 2.34. The summed E-state index contributed by atoms with van der Waals surface area (Å²) in [7, 11) is 0. The number of hydrogen-bond acceptors (Lipinski definition) is 5. The lowest BCUT2D eigenvalue weighted by atomic mass is 9.92. The molecule has 3 heterocycles. The highest BCUT2D eigenvalue weighted by molar-refractivity contribution is 5.86. The zero-order chi connectivity index (χ0) is 17.2. The fourth-order valence-corrected chi connectivity index (χ4v) is 3.77. The first-order valence-corrected chi connectivity index (χ1v) is 8.74. The molecule has 6 heteroatoms. The van der Waals surface area contributed by atoms with Crippen LogP contribution in [0.3, 0.4) is 0 Å². The number of nitrogens with two attached hydrogens (primary N) is 2. The molecule has 1 unspecified atom stereocenters. The molecule has 4 rings (SSSR count). The van der Waals surface area contributed by atoms with Gasteiger partial charge in [0.05, 0.1) is 5.70 Å². The number of aromatic amines is 1. The average molecular weight is 336 g/mol. The molecule has 1 aromatic heterocycles. The number of nitrogens with zero attached hydrogens (tertiary/aromatic N) is 3. The molecule has 25 heavy (non-hydrogen) atoms. The second-order valence-electron chi connectivity index (χ2n) is 6.76. The monoisotopic (exact) mass is 336 g/mol. The predicted octanol–water partition coefficient (Wildman–Crippen LogP) is 2.40. The Balaban J connectivity index is 1.56. The van der Waals surface area contributed by atoms with E-state index < -0.39 is 0 Å². The maximum Gasteiger partial charge on any atom is 0.141 e. The van der Waals surface area contributed by atoms with Crippen LogP contribution in [0.15, 0.2) is 53.3 Å². The van der Waals surface area contributed by atoms with Gasteiger partial charge in [-0.15, -0.1) is 0 Å². The zero-order valence-electron chi connectivity index (χ0n) is 14.2. The third-order valence-corrected chi connectivity index (χ3v) is 5.02. The molecule has 1 fully saturated rings. The molecule has 0 radical (unpaired) electrons. The molecule has 1 saturated heterocycles. The third-order valence-electron chi connectivity index (χ3n) is 5.02. The Morgan fingerprint density at radius 1 is 1.24 bits per heavy atom. The lowest BCUT2D eigenvalue weighted by molar-refractivity contribution is 0.183. The van der Waals surface area contributed by atoms with Crippen LogP contribution in [0, 0.1) is 5.92 Å². The first kappa shape index (κ1) is 15.9. The number of aromatic nitrogens is 1. The Kier molecular flexibility index (Phi) is 4.29. The summed E-state index contributed by atoms with van der Waals surface area (Å²) in [5.74, 6) is 7.25. The van der Waals surface area contributed by atoms with E-state index in [1.165, 1.54) is 5.56 Å². The number of H-pyrrole nitrogens is 1. The van der Waals surface area contributed by atoms with Crippen molar-refractivity contribution in [3.8, 4) is 0 Å². The minimum Gasteiger partial charge on any atom is -0.400 e. The maximum absolute atomic E-state index is 6.60. The van der Waals surface area contributed by atoms with Crippen molar-refractivity contribution in [3.63, 3.8) is 0 Å². The third kappa shape index (κ3) is 3.18. The molecule has 2 aromatic rings. The standard InChI is InChI=1S/C19H24N6/c20-17(18-16-8-9-22-19(16)23-13-25(18)21)15-7-4-10-24(12-15)11-14-5-2-1-3-6-14/h1-3,5-6,8-9,13,15,22H,4,7,10-12,20-21H2/b18-17-. The highest BCUT2D eigenvalue weighted by Gasteiger charge is 2.28. The minimum atomic E-state index is 0.299. The number of fused-ring (bicyclic) bond motifs is 1. The molecular weight excluding hydrogens is 312 g/mol. The molecule has 2 aliphatic heterocycles. The second-order valence-corrected chi connectivity index (χ2v) is 6.76. The van der Waals surface area contributed by atoms with Crippen LogP contribution >= 0.6 is 0 Å². The van der Waals surface area contributed by atoms with Gasteiger partial charge in [0.1, 0.15) is 12.2 Å². The maximum atomic E-state index is 6.60. The first-order valence-electron chi connectivity index (χ1n) is 8.74. The van der Waals surface area contributed by atoms with Gasteiger partial charge < -0.3 is 10.7 Å². The molecule has 0 saturated carbocycles. The van der Waals surface area contributed by atoms with E-state index >= 15 is 0 Å². The van der Waals surface area contributed by atoms with E-state index in [4.69, 9.17) is 11.6 Å². The van der Waals surface area contributed by atoms with Crippen molar-refractivity contribution in [2.45, 2.75) is 19.4 Å². The molecule has 1 atom stereocenters. The predicted molar refractivity (Wildman–Crippen MR) is 101 cm³/mol. The number of benzene rings is 1. The zero-order valence-corrected chi connectivity index (χ0v) is 14.2. The van der Waals surface area contributed by atoms with E-state index in [0.29, 0.717) is 5.92 Å². The summed E-state index contributed by atoms with van der Waals surface area (Å²) in [5, 5.41) is 1.54. The molecule has 0 bridgehead atoms. The van der Waals surface area contributed by atoms with Gasteiger partial charge in [-0.05, 0) is 31.0 Å². The summed E-state index contributed by atoms with van der Waals surface area (Å²) in [6.07, 6.45) is 5.72. The van der Waals surface area contributed by atoms with Crippen molar-refractivity contribution in [2.24, 2.45) is 22.5 Å². The topological polar surface area (TPSA) is 86.7 Å². The van der Waals surface area contributed by atoms with Crippen molar-refractivity contribution in [1.29, 1.82) is 0 Å². The van der Waals surface area contributed by atoms with E-state index in [0.717, 1.165) is 55.3 Å². The van der Waals surface area contributed by atoms with Gasteiger partial charge in [-0.3, -0.25) is 9.91 Å². The number of aliphatic imine (C=N–C) groups is 1. The first-order chi connectivity index (χ1) is 12.2. The van der Waals surface area contributed by atoms with Crippen LogP contribution in [0.25, 0.3) is 5.70 Å². The number of likely N-dealkylation sites (tertiary alicyclic amines) is 1. The number of rotatable bonds is 3. The quantitative estimate of drug-likeness (QED) is 0.751. The summed E-state index contributed by atoms with van der Waals surface area (Å²) in [5.41, 5.74) is 10.6. The fraction of sp³-hybridized carbons (Fsp3) is 0.316. The Labute approximate surface area is 147 Å². The van der Waals surface area contributed by atoms with Gasteiger partial charge in [-0.25, -0.2) is 10.8 Å². The van der Waals surface area contributed by atoms with Crippen LogP contribution in [0.5, 0.6) is 0 Å². The average Bonchev–Trinajstić information content (AvgIpc) is 3.11. The second kappa shape index (κ2) is 6.74. The van der Waals surface area contributed by atoms with Gasteiger partial charge in [0, 0.05) is 36.5 Å². The van der Waals surface area contributed by atoms with Crippen LogP contribution in [0.1, 0.15) is 24.0 Å². The van der Waals surface area contributed by atoms with E-state index in [1.807, 2.05) is 12.3 Å². The van der Waals surface area contributed by atoms with Crippen LogP contribution in [0.4, 0.5) is 5.82 Å².